The first-order chi connectivity index (χ1) is 14.7. The van der Waals surface area contributed by atoms with Gasteiger partial charge in [-0.1, -0.05) is 0 Å². The van der Waals surface area contributed by atoms with Gasteiger partial charge in [-0.25, -0.2) is 4.98 Å². The fraction of sp³-hybridized carbons (Fsp3) is 0.636. The maximum absolute atomic E-state index is 12.0. The van der Waals surface area contributed by atoms with E-state index in [9.17, 15) is 9.90 Å². The summed E-state index contributed by atoms with van der Waals surface area (Å²) in [7, 11) is 3.79. The van der Waals surface area contributed by atoms with Gasteiger partial charge in [-0.3, -0.25) is 9.78 Å². The molecule has 0 radical (unpaired) electrons. The number of carbonyl (C=O) groups excluding carboxylic acids is 1. The minimum absolute atomic E-state index is 0.0766. The van der Waals surface area contributed by atoms with Crippen LogP contribution in [0.25, 0.3) is 10.9 Å². The van der Waals surface area contributed by atoms with Crippen molar-refractivity contribution >= 4 is 28.6 Å². The molecule has 0 aliphatic heterocycles. The van der Waals surface area contributed by atoms with Crippen LogP contribution in [0.2, 0.25) is 0 Å². The first-order valence-corrected chi connectivity index (χ1v) is 11.0. The fourth-order valence-corrected chi connectivity index (χ4v) is 3.85. The van der Waals surface area contributed by atoms with Gasteiger partial charge < -0.3 is 26.0 Å². The van der Waals surface area contributed by atoms with Crippen LogP contribution in [0, 0.1) is 0 Å². The average Bonchev–Trinajstić information content (AvgIpc) is 2.68. The number of nitrogens with zero attached hydrogens (tertiary/aromatic N) is 4. The smallest absolute Gasteiger partial charge is 0.234 e. The van der Waals surface area contributed by atoms with Crippen molar-refractivity contribution in [1.29, 1.82) is 0 Å². The highest BCUT2D eigenvalue weighted by Gasteiger charge is 2.23. The lowest BCUT2D eigenvalue weighted by Crippen LogP contribution is -2.43. The van der Waals surface area contributed by atoms with Gasteiger partial charge in [-0.05, 0) is 66.6 Å². The number of amides is 1. The Balaban J connectivity index is 1.69. The first-order valence-electron chi connectivity index (χ1n) is 11.0. The van der Waals surface area contributed by atoms with Gasteiger partial charge in [0.15, 0.2) is 0 Å². The molecule has 9 heteroatoms. The van der Waals surface area contributed by atoms with Crippen molar-refractivity contribution in [3.05, 3.63) is 18.0 Å². The minimum atomic E-state index is -0.650. The third-order valence-electron chi connectivity index (χ3n) is 5.34. The van der Waals surface area contributed by atoms with E-state index < -0.39 is 6.10 Å². The number of aromatic nitrogens is 3. The molecule has 9 nitrogen and oxygen atoms in total. The lowest BCUT2D eigenvalue weighted by atomic mass is 9.91. The molecule has 0 saturated heterocycles. The lowest BCUT2D eigenvalue weighted by molar-refractivity contribution is -0.122. The van der Waals surface area contributed by atoms with Gasteiger partial charge in [0.25, 0.3) is 0 Å². The summed E-state index contributed by atoms with van der Waals surface area (Å²) in [5, 5.41) is 20.7. The molecule has 170 valence electrons. The molecule has 1 atom stereocenters. The normalized spacial score (nSPS) is 20.1. The van der Waals surface area contributed by atoms with E-state index in [0.29, 0.717) is 18.2 Å². The predicted octanol–water partition coefficient (Wildman–Crippen LogP) is 2.30. The summed E-state index contributed by atoms with van der Waals surface area (Å²) in [5.74, 6) is 1.38. The lowest BCUT2D eigenvalue weighted by Gasteiger charge is -2.30. The molecule has 2 aromatic heterocycles. The minimum Gasteiger partial charge on any atom is -0.387 e. The van der Waals surface area contributed by atoms with Gasteiger partial charge in [-0.15, -0.1) is 0 Å². The maximum Gasteiger partial charge on any atom is 0.234 e. The quantitative estimate of drug-likeness (QED) is 0.505. The Hall–Kier alpha value is -2.52. The molecular weight excluding hydrogens is 394 g/mol. The third-order valence-corrected chi connectivity index (χ3v) is 5.34. The predicted molar refractivity (Wildman–Crippen MR) is 123 cm³/mol. The van der Waals surface area contributed by atoms with Crippen molar-refractivity contribution in [2.24, 2.45) is 0 Å². The number of likely N-dealkylation sites (N-methyl/N-ethyl adjacent to an activating group) is 1. The highest BCUT2D eigenvalue weighted by molar-refractivity contribution is 5.90. The van der Waals surface area contributed by atoms with Crippen LogP contribution < -0.4 is 16.0 Å². The van der Waals surface area contributed by atoms with Gasteiger partial charge in [0.2, 0.25) is 11.9 Å². The van der Waals surface area contributed by atoms with E-state index in [1.807, 2.05) is 25.1 Å². The number of anilines is 2. The van der Waals surface area contributed by atoms with E-state index in [0.717, 1.165) is 42.4 Å². The standard InChI is InChI=1S/C22H35N7O2/c1-13(2)24-21-17-10-18(14(3)30)23-11-19(17)27-22(28-21)26-16-8-6-15(7-9-16)25-20(31)12-29(4)5/h10-11,13-16,30H,6-9,12H2,1-5H3,(H,25,31)(H2,24,26,27,28)/t14-,15?,16?/m1/s1. The molecule has 1 aliphatic carbocycles. The van der Waals surface area contributed by atoms with Gasteiger partial charge >= 0.3 is 0 Å². The molecule has 2 aromatic rings. The number of nitrogens with one attached hydrogen (secondary N) is 3. The van der Waals surface area contributed by atoms with E-state index in [1.165, 1.54) is 0 Å². The molecule has 31 heavy (non-hydrogen) atoms. The molecule has 1 fully saturated rings. The van der Waals surface area contributed by atoms with Crippen molar-refractivity contribution in [3.63, 3.8) is 0 Å². The number of fused-ring (bicyclic) bond motifs is 1. The van der Waals surface area contributed by atoms with Crippen molar-refractivity contribution < 1.29 is 9.90 Å². The van der Waals surface area contributed by atoms with E-state index in [2.05, 4.69) is 39.8 Å². The van der Waals surface area contributed by atoms with Crippen LogP contribution in [-0.2, 0) is 4.79 Å². The number of aliphatic hydroxyl groups excluding tert-OH is 1. The van der Waals surface area contributed by atoms with E-state index in [4.69, 9.17) is 4.98 Å². The van der Waals surface area contributed by atoms with Gasteiger partial charge in [0.05, 0.1) is 30.1 Å². The van der Waals surface area contributed by atoms with Crippen LogP contribution in [0.3, 0.4) is 0 Å². The number of hydrogen-bond donors (Lipinski definition) is 4. The summed E-state index contributed by atoms with van der Waals surface area (Å²) in [6, 6.07) is 2.53. The molecular formula is C22H35N7O2. The van der Waals surface area contributed by atoms with Crippen molar-refractivity contribution in [1.82, 2.24) is 25.2 Å². The summed E-state index contributed by atoms with van der Waals surface area (Å²) in [6.07, 6.45) is 4.79. The highest BCUT2D eigenvalue weighted by Crippen LogP contribution is 2.27. The van der Waals surface area contributed by atoms with Crippen LogP contribution in [-0.4, -0.2) is 69.6 Å². The zero-order valence-corrected chi connectivity index (χ0v) is 19.1. The summed E-state index contributed by atoms with van der Waals surface area (Å²) >= 11 is 0. The van der Waals surface area contributed by atoms with Crippen molar-refractivity contribution in [2.45, 2.75) is 70.7 Å². The molecule has 0 aromatic carbocycles. The molecule has 0 unspecified atom stereocenters. The van der Waals surface area contributed by atoms with E-state index in [1.54, 1.807) is 13.1 Å². The van der Waals surface area contributed by atoms with Crippen molar-refractivity contribution in [3.8, 4) is 0 Å². The van der Waals surface area contributed by atoms with Crippen LogP contribution in [0.5, 0.6) is 0 Å². The SMILES string of the molecule is CC(C)Nc1nc(NC2CCC(NC(=O)CN(C)C)CC2)nc2cnc([C@@H](C)O)cc12. The Labute approximate surface area is 184 Å². The zero-order chi connectivity index (χ0) is 22.5. The van der Waals surface area contributed by atoms with Crippen LogP contribution >= 0.6 is 0 Å². The van der Waals surface area contributed by atoms with E-state index >= 15 is 0 Å². The molecule has 2 heterocycles. The summed E-state index contributed by atoms with van der Waals surface area (Å²) in [6.45, 7) is 6.23. The first kappa shape index (κ1) is 23.1. The Morgan fingerprint density at radius 1 is 1.16 bits per heavy atom. The van der Waals surface area contributed by atoms with Gasteiger partial charge in [-0.2, -0.15) is 4.98 Å². The fourth-order valence-electron chi connectivity index (χ4n) is 3.85. The van der Waals surface area contributed by atoms with Crippen LogP contribution in [0.15, 0.2) is 12.3 Å². The molecule has 4 N–H and O–H groups in total. The highest BCUT2D eigenvalue weighted by atomic mass is 16.3. The second kappa shape index (κ2) is 10.2. The summed E-state index contributed by atoms with van der Waals surface area (Å²) in [4.78, 5) is 27.6. The number of carbonyl (C=O) groups is 1. The Morgan fingerprint density at radius 2 is 1.84 bits per heavy atom. The van der Waals surface area contributed by atoms with E-state index in [-0.39, 0.29) is 24.0 Å². The topological polar surface area (TPSA) is 115 Å². The Kier molecular flexibility index (Phi) is 7.61. The molecule has 3 rings (SSSR count). The molecule has 0 spiro atoms. The third kappa shape index (κ3) is 6.48. The molecule has 1 amide bonds. The monoisotopic (exact) mass is 429 g/mol. The second-order valence-corrected chi connectivity index (χ2v) is 9.00. The molecule has 1 aliphatic rings. The Bertz CT molecular complexity index is 893. The summed E-state index contributed by atoms with van der Waals surface area (Å²) in [5.41, 5.74) is 1.33. The number of hydrogen-bond acceptors (Lipinski definition) is 8. The number of rotatable bonds is 8. The van der Waals surface area contributed by atoms with Crippen molar-refractivity contribution in [2.75, 3.05) is 31.3 Å². The van der Waals surface area contributed by atoms with Gasteiger partial charge in [0.1, 0.15) is 5.82 Å². The average molecular weight is 430 g/mol. The summed E-state index contributed by atoms with van der Waals surface area (Å²) < 4.78 is 0. The van der Waals surface area contributed by atoms with Gasteiger partial charge in [0, 0.05) is 23.5 Å². The molecule has 0 bridgehead atoms. The molecule has 1 saturated carbocycles. The maximum atomic E-state index is 12.0. The zero-order valence-electron chi connectivity index (χ0n) is 19.1. The van der Waals surface area contributed by atoms with Crippen LogP contribution in [0.1, 0.15) is 58.3 Å². The second-order valence-electron chi connectivity index (χ2n) is 9.00. The largest absolute Gasteiger partial charge is 0.387 e. The number of pyridine rings is 1. The number of aliphatic hydroxyl groups is 1. The van der Waals surface area contributed by atoms with Crippen LogP contribution in [0.4, 0.5) is 11.8 Å². The Morgan fingerprint density at radius 3 is 2.45 bits per heavy atom.